The highest BCUT2D eigenvalue weighted by Crippen LogP contribution is 2.39. The Bertz CT molecular complexity index is 1080. The minimum atomic E-state index is -0.219. The van der Waals surface area contributed by atoms with Gasteiger partial charge in [-0.15, -0.1) is 0 Å². The Morgan fingerprint density at radius 1 is 1.15 bits per heavy atom. The van der Waals surface area contributed by atoms with Crippen molar-refractivity contribution in [1.82, 2.24) is 19.8 Å². The van der Waals surface area contributed by atoms with Gasteiger partial charge in [0.25, 0.3) is 0 Å². The van der Waals surface area contributed by atoms with Crippen LogP contribution in [-0.4, -0.2) is 45.8 Å². The van der Waals surface area contributed by atoms with E-state index in [2.05, 4.69) is 32.0 Å². The van der Waals surface area contributed by atoms with E-state index in [1.807, 2.05) is 55.5 Å². The second-order valence-electron chi connectivity index (χ2n) is 7.73. The van der Waals surface area contributed by atoms with Crippen molar-refractivity contribution in [3.05, 3.63) is 78.4 Å². The molecular formula is C25H28N4O3S. The normalized spacial score (nSPS) is 17.6. The lowest BCUT2D eigenvalue weighted by Crippen LogP contribution is -2.31. The molecule has 0 aliphatic carbocycles. The summed E-state index contributed by atoms with van der Waals surface area (Å²) >= 11 is 5.73. The molecule has 2 atom stereocenters. The fraction of sp³-hybridized carbons (Fsp3) is 0.320. The zero-order chi connectivity index (χ0) is 23.2. The first kappa shape index (κ1) is 22.8. The molecule has 1 fully saturated rings. The van der Waals surface area contributed by atoms with Gasteiger partial charge in [-0.1, -0.05) is 6.07 Å². The Balaban J connectivity index is 1.68. The number of nitrogens with zero attached hydrogens (tertiary/aromatic N) is 3. The summed E-state index contributed by atoms with van der Waals surface area (Å²) in [4.78, 5) is 18.4. The quantitative estimate of drug-likeness (QED) is 0.376. The molecule has 4 rings (SSSR count). The molecule has 0 bridgehead atoms. The van der Waals surface area contributed by atoms with Gasteiger partial charge in [-0.3, -0.25) is 9.78 Å². The summed E-state index contributed by atoms with van der Waals surface area (Å²) in [6.45, 7) is 3.23. The van der Waals surface area contributed by atoms with Gasteiger partial charge in [0.2, 0.25) is 0 Å². The largest absolute Gasteiger partial charge is 0.494 e. The molecule has 1 saturated heterocycles. The van der Waals surface area contributed by atoms with Crippen LogP contribution in [0, 0.1) is 0 Å². The SMILES string of the molecule is CCOc1ccc(-n2cccc2C2C(c3ccccn3)NC(=S)N2CCCC(=O)OC)cc1. The van der Waals surface area contributed by atoms with Crippen LogP contribution in [-0.2, 0) is 9.53 Å². The van der Waals surface area contributed by atoms with Gasteiger partial charge >= 0.3 is 5.97 Å². The van der Waals surface area contributed by atoms with Gasteiger partial charge in [-0.25, -0.2) is 0 Å². The van der Waals surface area contributed by atoms with E-state index in [9.17, 15) is 4.79 Å². The van der Waals surface area contributed by atoms with E-state index in [4.69, 9.17) is 21.7 Å². The van der Waals surface area contributed by atoms with Crippen molar-refractivity contribution in [2.75, 3.05) is 20.3 Å². The summed E-state index contributed by atoms with van der Waals surface area (Å²) in [6.07, 6.45) is 4.83. The summed E-state index contributed by atoms with van der Waals surface area (Å²) < 4.78 is 12.6. The van der Waals surface area contributed by atoms with Crippen LogP contribution in [0.5, 0.6) is 5.75 Å². The summed E-state index contributed by atoms with van der Waals surface area (Å²) in [7, 11) is 1.41. The first-order valence-corrected chi connectivity index (χ1v) is 11.5. The fourth-order valence-electron chi connectivity index (χ4n) is 4.20. The Morgan fingerprint density at radius 2 is 1.97 bits per heavy atom. The third kappa shape index (κ3) is 5.01. The minimum Gasteiger partial charge on any atom is -0.494 e. The molecule has 0 radical (unpaired) electrons. The Hall–Kier alpha value is -3.39. The molecule has 1 aromatic carbocycles. The van der Waals surface area contributed by atoms with Crippen LogP contribution < -0.4 is 10.1 Å². The molecule has 2 unspecified atom stereocenters. The van der Waals surface area contributed by atoms with Crippen LogP contribution in [0.4, 0.5) is 0 Å². The molecule has 0 saturated carbocycles. The smallest absolute Gasteiger partial charge is 0.305 e. The number of methoxy groups -OCH3 is 1. The number of rotatable bonds is 9. The Morgan fingerprint density at radius 3 is 2.67 bits per heavy atom. The van der Waals surface area contributed by atoms with Crippen LogP contribution >= 0.6 is 12.2 Å². The number of ether oxygens (including phenoxy) is 2. The van der Waals surface area contributed by atoms with Crippen molar-refractivity contribution in [2.45, 2.75) is 31.8 Å². The summed E-state index contributed by atoms with van der Waals surface area (Å²) in [6, 6.07) is 17.9. The number of benzene rings is 1. The predicted octanol–water partition coefficient (Wildman–Crippen LogP) is 4.20. The van der Waals surface area contributed by atoms with Gasteiger partial charge in [0, 0.05) is 36.7 Å². The first-order chi connectivity index (χ1) is 16.1. The van der Waals surface area contributed by atoms with E-state index >= 15 is 0 Å². The first-order valence-electron chi connectivity index (χ1n) is 11.1. The maximum Gasteiger partial charge on any atom is 0.305 e. The maximum atomic E-state index is 11.7. The molecule has 3 aromatic rings. The number of thiocarbonyl (C=S) groups is 1. The van der Waals surface area contributed by atoms with Crippen molar-refractivity contribution in [1.29, 1.82) is 0 Å². The second kappa shape index (κ2) is 10.5. The summed E-state index contributed by atoms with van der Waals surface area (Å²) in [5.74, 6) is 0.623. The molecule has 172 valence electrons. The summed E-state index contributed by atoms with van der Waals surface area (Å²) in [5.41, 5.74) is 3.03. The highest BCUT2D eigenvalue weighted by molar-refractivity contribution is 7.80. The van der Waals surface area contributed by atoms with Crippen LogP contribution in [0.3, 0.4) is 0 Å². The van der Waals surface area contributed by atoms with E-state index in [0.29, 0.717) is 31.1 Å². The predicted molar refractivity (Wildman–Crippen MR) is 130 cm³/mol. The highest BCUT2D eigenvalue weighted by atomic mass is 32.1. The van der Waals surface area contributed by atoms with Gasteiger partial charge < -0.3 is 24.3 Å². The van der Waals surface area contributed by atoms with Crippen LogP contribution in [0.25, 0.3) is 5.69 Å². The lowest BCUT2D eigenvalue weighted by molar-refractivity contribution is -0.140. The van der Waals surface area contributed by atoms with E-state index in [1.54, 1.807) is 6.20 Å². The topological polar surface area (TPSA) is 68.6 Å². The maximum absolute atomic E-state index is 11.7. The molecule has 2 aromatic heterocycles. The molecule has 0 spiro atoms. The van der Waals surface area contributed by atoms with Gasteiger partial charge in [0.05, 0.1) is 31.5 Å². The van der Waals surface area contributed by atoms with Crippen LogP contribution in [0.2, 0.25) is 0 Å². The van der Waals surface area contributed by atoms with E-state index in [-0.39, 0.29) is 18.1 Å². The Kier molecular flexibility index (Phi) is 7.24. The second-order valence-corrected chi connectivity index (χ2v) is 8.12. The number of pyridine rings is 1. The van der Waals surface area contributed by atoms with Crippen molar-refractivity contribution >= 4 is 23.3 Å². The number of hydrogen-bond donors (Lipinski definition) is 1. The number of nitrogens with one attached hydrogen (secondary N) is 1. The van der Waals surface area contributed by atoms with Crippen LogP contribution in [0.1, 0.15) is 43.2 Å². The van der Waals surface area contributed by atoms with Crippen molar-refractivity contribution < 1.29 is 14.3 Å². The number of esters is 1. The number of carbonyl (C=O) groups is 1. The van der Waals surface area contributed by atoms with Gasteiger partial charge in [0.1, 0.15) is 5.75 Å². The molecule has 8 heteroatoms. The molecule has 1 aliphatic rings. The monoisotopic (exact) mass is 464 g/mol. The molecule has 33 heavy (non-hydrogen) atoms. The number of aromatic nitrogens is 2. The molecule has 1 N–H and O–H groups in total. The average Bonchev–Trinajstić information content (AvgIpc) is 3.45. The highest BCUT2D eigenvalue weighted by Gasteiger charge is 2.41. The van der Waals surface area contributed by atoms with Gasteiger partial charge in [0.15, 0.2) is 5.11 Å². The lowest BCUT2D eigenvalue weighted by atomic mass is 10.0. The van der Waals surface area contributed by atoms with E-state index in [1.165, 1.54) is 7.11 Å². The Labute approximate surface area is 199 Å². The van der Waals surface area contributed by atoms with Gasteiger partial charge in [-0.2, -0.15) is 0 Å². The van der Waals surface area contributed by atoms with E-state index < -0.39 is 0 Å². The zero-order valence-electron chi connectivity index (χ0n) is 18.8. The molecule has 7 nitrogen and oxygen atoms in total. The standard InChI is InChI=1S/C25H28N4O3S/c1-3-32-19-13-11-18(12-14-19)28-16-6-9-21(28)24-23(20-8-4-5-15-26-20)27-25(33)29(24)17-7-10-22(30)31-2/h4-6,8-9,11-16,23-24H,3,7,10,17H2,1-2H3,(H,27,33). The number of hydrogen-bond acceptors (Lipinski definition) is 5. The number of carbonyl (C=O) groups excluding carboxylic acids is 1. The molecule has 1 aliphatic heterocycles. The van der Waals surface area contributed by atoms with Crippen molar-refractivity contribution in [2.24, 2.45) is 0 Å². The molecule has 3 heterocycles. The van der Waals surface area contributed by atoms with Crippen molar-refractivity contribution in [3.63, 3.8) is 0 Å². The molecule has 0 amide bonds. The third-order valence-electron chi connectivity index (χ3n) is 5.71. The summed E-state index contributed by atoms with van der Waals surface area (Å²) in [5, 5.41) is 4.11. The lowest BCUT2D eigenvalue weighted by Gasteiger charge is -2.29. The minimum absolute atomic E-state index is 0.0911. The zero-order valence-corrected chi connectivity index (χ0v) is 19.6. The van der Waals surface area contributed by atoms with Crippen molar-refractivity contribution in [3.8, 4) is 11.4 Å². The van der Waals surface area contributed by atoms with E-state index in [0.717, 1.165) is 22.8 Å². The van der Waals surface area contributed by atoms with Crippen LogP contribution in [0.15, 0.2) is 67.0 Å². The average molecular weight is 465 g/mol. The van der Waals surface area contributed by atoms with Gasteiger partial charge in [-0.05, 0) is 74.1 Å². The third-order valence-corrected chi connectivity index (χ3v) is 6.07. The fourth-order valence-corrected chi connectivity index (χ4v) is 4.54. The molecular weight excluding hydrogens is 436 g/mol.